The highest BCUT2D eigenvalue weighted by atomic mass is 35.5. The predicted molar refractivity (Wildman–Crippen MR) is 124 cm³/mol. The molecule has 1 aliphatic rings. The maximum absolute atomic E-state index is 12.4. The molecule has 3 rings (SSSR count). The van der Waals surface area contributed by atoms with Crippen LogP contribution in [0.15, 0.2) is 53.4 Å². The number of carbonyl (C=O) groups is 1. The Hall–Kier alpha value is -2.13. The maximum Gasteiger partial charge on any atom is 0.220 e. The lowest BCUT2D eigenvalue weighted by Crippen LogP contribution is -2.44. The van der Waals surface area contributed by atoms with E-state index >= 15 is 0 Å². The van der Waals surface area contributed by atoms with Crippen LogP contribution in [-0.2, 0) is 19.4 Å². The number of carbonyl (C=O) groups excluding carboxylic acids is 1. The zero-order chi connectivity index (χ0) is 23.0. The van der Waals surface area contributed by atoms with E-state index in [0.29, 0.717) is 50.0 Å². The largest absolute Gasteiger partial charge is 0.494 e. The molecule has 1 saturated heterocycles. The van der Waals surface area contributed by atoms with Crippen LogP contribution in [0.25, 0.3) is 0 Å². The van der Waals surface area contributed by atoms with Gasteiger partial charge < -0.3 is 14.8 Å². The van der Waals surface area contributed by atoms with E-state index in [2.05, 4.69) is 10.2 Å². The van der Waals surface area contributed by atoms with Crippen LogP contribution in [0.5, 0.6) is 5.75 Å². The van der Waals surface area contributed by atoms with Gasteiger partial charge in [0.05, 0.1) is 30.8 Å². The van der Waals surface area contributed by atoms with Crippen LogP contribution in [0, 0.1) is 0 Å². The van der Waals surface area contributed by atoms with Crippen molar-refractivity contribution in [1.82, 2.24) is 10.2 Å². The first kappa shape index (κ1) is 24.5. The van der Waals surface area contributed by atoms with Gasteiger partial charge in [0.2, 0.25) is 5.91 Å². The van der Waals surface area contributed by atoms with E-state index in [1.165, 1.54) is 12.1 Å². The monoisotopic (exact) mass is 480 g/mol. The van der Waals surface area contributed by atoms with Crippen molar-refractivity contribution in [3.05, 3.63) is 59.1 Å². The van der Waals surface area contributed by atoms with Crippen LogP contribution < -0.4 is 10.1 Å². The van der Waals surface area contributed by atoms with Crippen LogP contribution in [0.1, 0.15) is 24.4 Å². The fraction of sp³-hybridized carbons (Fsp3) is 0.435. The summed E-state index contributed by atoms with van der Waals surface area (Å²) in [6.07, 6.45) is 2.05. The van der Waals surface area contributed by atoms with Crippen LogP contribution in [0.2, 0.25) is 5.02 Å². The Morgan fingerprint density at radius 3 is 2.50 bits per heavy atom. The van der Waals surface area contributed by atoms with Gasteiger partial charge in [0.1, 0.15) is 5.75 Å². The molecule has 0 spiro atoms. The topological polar surface area (TPSA) is 84.9 Å². The number of nitrogens with one attached hydrogen (secondary N) is 1. The van der Waals surface area contributed by atoms with Gasteiger partial charge in [-0.2, -0.15) is 0 Å². The Bertz CT molecular complexity index is 992. The van der Waals surface area contributed by atoms with Gasteiger partial charge in [0.25, 0.3) is 0 Å². The summed E-state index contributed by atoms with van der Waals surface area (Å²) < 4.78 is 34.1. The molecular formula is C23H29ClN2O5S. The minimum Gasteiger partial charge on any atom is -0.494 e. The van der Waals surface area contributed by atoms with Gasteiger partial charge in [0, 0.05) is 37.3 Å². The molecule has 0 bridgehead atoms. The second-order valence-corrected chi connectivity index (χ2v) is 10.1. The number of hydrogen-bond acceptors (Lipinski definition) is 6. The molecule has 1 unspecified atom stereocenters. The minimum atomic E-state index is -3.23. The number of benzene rings is 2. The molecule has 1 amide bonds. The average molecular weight is 481 g/mol. The number of ether oxygens (including phenoxy) is 2. The van der Waals surface area contributed by atoms with E-state index in [4.69, 9.17) is 21.1 Å². The second-order valence-electron chi connectivity index (χ2n) is 7.69. The number of rotatable bonds is 10. The molecule has 2 aromatic rings. The first-order valence-electron chi connectivity index (χ1n) is 10.6. The molecule has 1 aliphatic heterocycles. The van der Waals surface area contributed by atoms with Crippen molar-refractivity contribution in [2.24, 2.45) is 0 Å². The standard InChI is InChI=1S/C23H29ClN2O5S/c1-32(28,29)19-10-8-18(9-11-19)31-14-4-7-23(27)25-17-22(26-12-15-30-16-13-26)20-5-2-3-6-21(20)24/h2-3,5-6,8-11,22H,4,7,12-17H2,1H3,(H,25,27). The number of amides is 1. The third kappa shape index (κ3) is 7.20. The van der Waals surface area contributed by atoms with Gasteiger partial charge >= 0.3 is 0 Å². The smallest absolute Gasteiger partial charge is 0.220 e. The molecular weight excluding hydrogens is 452 g/mol. The van der Waals surface area contributed by atoms with Crippen LogP contribution in [-0.4, -0.2) is 64.9 Å². The summed E-state index contributed by atoms with van der Waals surface area (Å²) in [5.41, 5.74) is 0.997. The lowest BCUT2D eigenvalue weighted by Gasteiger charge is -2.35. The number of hydrogen-bond donors (Lipinski definition) is 1. The highest BCUT2D eigenvalue weighted by molar-refractivity contribution is 7.90. The van der Waals surface area contributed by atoms with Crippen LogP contribution in [0.4, 0.5) is 0 Å². The van der Waals surface area contributed by atoms with Crippen molar-refractivity contribution in [3.8, 4) is 5.75 Å². The third-order valence-corrected chi connectivity index (χ3v) is 6.78. The summed E-state index contributed by atoms with van der Waals surface area (Å²) in [6.45, 7) is 3.74. The van der Waals surface area contributed by atoms with Crippen LogP contribution in [0.3, 0.4) is 0 Å². The Balaban J connectivity index is 1.46. The number of sulfone groups is 1. The highest BCUT2D eigenvalue weighted by Gasteiger charge is 2.24. The summed E-state index contributed by atoms with van der Waals surface area (Å²) in [4.78, 5) is 14.9. The van der Waals surface area contributed by atoms with E-state index in [0.717, 1.165) is 24.9 Å². The van der Waals surface area contributed by atoms with Gasteiger partial charge in [-0.05, 0) is 42.3 Å². The highest BCUT2D eigenvalue weighted by Crippen LogP contribution is 2.27. The van der Waals surface area contributed by atoms with E-state index in [9.17, 15) is 13.2 Å². The fourth-order valence-electron chi connectivity index (χ4n) is 3.57. The predicted octanol–water partition coefficient (Wildman–Crippen LogP) is 3.09. The Kier molecular flexibility index (Phi) is 8.92. The van der Waals surface area contributed by atoms with Crippen LogP contribution >= 0.6 is 11.6 Å². The van der Waals surface area contributed by atoms with Crippen molar-refractivity contribution < 1.29 is 22.7 Å². The Morgan fingerprint density at radius 2 is 1.84 bits per heavy atom. The Morgan fingerprint density at radius 1 is 1.16 bits per heavy atom. The third-order valence-electron chi connectivity index (χ3n) is 5.31. The molecule has 1 atom stereocenters. The maximum atomic E-state index is 12.4. The van der Waals surface area contributed by atoms with Gasteiger partial charge in [-0.15, -0.1) is 0 Å². The number of nitrogens with zero attached hydrogens (tertiary/aromatic N) is 1. The van der Waals surface area contributed by atoms with Gasteiger partial charge in [-0.3, -0.25) is 9.69 Å². The van der Waals surface area contributed by atoms with Gasteiger partial charge in [-0.1, -0.05) is 29.8 Å². The summed E-state index contributed by atoms with van der Waals surface area (Å²) in [5, 5.41) is 3.71. The van der Waals surface area contributed by atoms with E-state index in [1.54, 1.807) is 12.1 Å². The van der Waals surface area contributed by atoms with Crippen molar-refractivity contribution in [2.45, 2.75) is 23.8 Å². The molecule has 32 heavy (non-hydrogen) atoms. The molecule has 174 valence electrons. The molecule has 0 aliphatic carbocycles. The van der Waals surface area contributed by atoms with Crippen molar-refractivity contribution in [1.29, 1.82) is 0 Å². The molecule has 0 radical (unpaired) electrons. The van der Waals surface area contributed by atoms with Gasteiger partial charge in [0.15, 0.2) is 9.84 Å². The van der Waals surface area contributed by atoms with Crippen molar-refractivity contribution >= 4 is 27.3 Å². The van der Waals surface area contributed by atoms with Crippen molar-refractivity contribution in [2.75, 3.05) is 45.7 Å². The molecule has 1 fully saturated rings. The number of morpholine rings is 1. The fourth-order valence-corrected chi connectivity index (χ4v) is 4.47. The molecule has 7 nitrogen and oxygen atoms in total. The van der Waals surface area contributed by atoms with Gasteiger partial charge in [-0.25, -0.2) is 8.42 Å². The molecule has 9 heteroatoms. The lowest BCUT2D eigenvalue weighted by atomic mass is 10.0. The first-order valence-corrected chi connectivity index (χ1v) is 12.9. The molecule has 0 saturated carbocycles. The summed E-state index contributed by atoms with van der Waals surface area (Å²) in [6, 6.07) is 14.0. The summed E-state index contributed by atoms with van der Waals surface area (Å²) in [5.74, 6) is 0.523. The molecule has 1 N–H and O–H groups in total. The molecule has 0 aromatic heterocycles. The van der Waals surface area contributed by atoms with E-state index in [-0.39, 0.29) is 16.8 Å². The SMILES string of the molecule is CS(=O)(=O)c1ccc(OCCCC(=O)NCC(c2ccccc2Cl)N2CCOCC2)cc1. The Labute approximate surface area is 194 Å². The normalized spacial score (nSPS) is 15.8. The average Bonchev–Trinajstić information content (AvgIpc) is 2.78. The second kappa shape index (κ2) is 11.7. The summed E-state index contributed by atoms with van der Waals surface area (Å²) in [7, 11) is -3.23. The van der Waals surface area contributed by atoms with E-state index in [1.807, 2.05) is 24.3 Å². The van der Waals surface area contributed by atoms with Crippen molar-refractivity contribution in [3.63, 3.8) is 0 Å². The quantitative estimate of drug-likeness (QED) is 0.526. The van der Waals surface area contributed by atoms with E-state index < -0.39 is 9.84 Å². The lowest BCUT2D eigenvalue weighted by molar-refractivity contribution is -0.121. The zero-order valence-corrected chi connectivity index (χ0v) is 19.7. The summed E-state index contributed by atoms with van der Waals surface area (Å²) >= 11 is 6.43. The molecule has 2 aromatic carbocycles. The number of halogens is 1. The first-order chi connectivity index (χ1) is 15.3. The zero-order valence-electron chi connectivity index (χ0n) is 18.1. The minimum absolute atomic E-state index is 0.0128. The molecule has 1 heterocycles.